The number of hydrogen-bond acceptors (Lipinski definition) is 0. The summed E-state index contributed by atoms with van der Waals surface area (Å²) in [6.45, 7) is 8.66. The van der Waals surface area contributed by atoms with Crippen molar-refractivity contribution in [2.45, 2.75) is 90.9 Å². The third-order valence-electron chi connectivity index (χ3n) is 4.68. The van der Waals surface area contributed by atoms with E-state index in [1.165, 1.54) is 101 Å². The molecule has 0 saturated heterocycles. The number of halogens is 1. The maximum absolute atomic E-state index is 5.84. The molecular weight excluding hydrogens is 278 g/mol. The number of nitrogens with zero attached hydrogens (tertiary/aromatic N) is 1. The number of hydrogen-bond donors (Lipinski definition) is 0. The molecule has 0 bridgehead atoms. The van der Waals surface area contributed by atoms with Crippen molar-refractivity contribution >= 4 is 11.6 Å². The molecule has 0 spiro atoms. The largest absolute Gasteiger partial charge is 0.326 e. The SMILES string of the molecule is CCCCCCCC[N+](C)(CCCCCl)CCCCCC. The van der Waals surface area contributed by atoms with E-state index in [0.29, 0.717) is 0 Å². The van der Waals surface area contributed by atoms with Crippen LogP contribution in [0.15, 0.2) is 0 Å². The minimum atomic E-state index is 0.826. The second-order valence-electron chi connectivity index (χ2n) is 7.01. The van der Waals surface area contributed by atoms with Gasteiger partial charge in [-0.25, -0.2) is 0 Å². The Balaban J connectivity index is 3.92. The van der Waals surface area contributed by atoms with Crippen molar-refractivity contribution in [3.05, 3.63) is 0 Å². The van der Waals surface area contributed by atoms with Crippen LogP contribution in [0.3, 0.4) is 0 Å². The summed E-state index contributed by atoms with van der Waals surface area (Å²) in [5.74, 6) is 0.826. The molecule has 1 atom stereocenters. The highest BCUT2D eigenvalue weighted by molar-refractivity contribution is 6.17. The zero-order valence-corrected chi connectivity index (χ0v) is 15.9. The van der Waals surface area contributed by atoms with Gasteiger partial charge in [-0.2, -0.15) is 0 Å². The predicted octanol–water partition coefficient (Wildman–Crippen LogP) is 6.39. The van der Waals surface area contributed by atoms with Crippen molar-refractivity contribution in [2.75, 3.05) is 32.6 Å². The minimum absolute atomic E-state index is 0.826. The van der Waals surface area contributed by atoms with Crippen LogP contribution in [0.1, 0.15) is 90.9 Å². The molecule has 0 aromatic heterocycles. The van der Waals surface area contributed by atoms with Crippen LogP contribution in [0, 0.1) is 0 Å². The van der Waals surface area contributed by atoms with Gasteiger partial charge in [-0.05, 0) is 38.5 Å². The molecule has 0 rings (SSSR count). The Morgan fingerprint density at radius 3 is 1.43 bits per heavy atom. The summed E-state index contributed by atoms with van der Waals surface area (Å²) >= 11 is 5.84. The first kappa shape index (κ1) is 21.2. The van der Waals surface area contributed by atoms with Crippen molar-refractivity contribution in [1.29, 1.82) is 0 Å². The number of quaternary nitrogens is 1. The monoisotopic (exact) mass is 318 g/mol. The van der Waals surface area contributed by atoms with Crippen LogP contribution >= 0.6 is 11.6 Å². The number of rotatable bonds is 16. The standard InChI is InChI=1S/C19H41ClN/c1-4-6-8-10-11-14-18-21(3,19-15-12-16-20)17-13-9-7-5-2/h4-19H2,1-3H3/q+1. The lowest BCUT2D eigenvalue weighted by Gasteiger charge is -2.35. The topological polar surface area (TPSA) is 0 Å². The van der Waals surface area contributed by atoms with E-state index in [2.05, 4.69) is 20.9 Å². The highest BCUT2D eigenvalue weighted by atomic mass is 35.5. The summed E-state index contributed by atoms with van der Waals surface area (Å²) in [6, 6.07) is 0. The molecule has 1 unspecified atom stereocenters. The van der Waals surface area contributed by atoms with E-state index in [-0.39, 0.29) is 0 Å². The van der Waals surface area contributed by atoms with Gasteiger partial charge < -0.3 is 4.48 Å². The molecule has 0 aliphatic rings. The van der Waals surface area contributed by atoms with Gasteiger partial charge in [-0.3, -0.25) is 0 Å². The molecule has 128 valence electrons. The normalized spacial score (nSPS) is 14.3. The fourth-order valence-electron chi connectivity index (χ4n) is 3.12. The maximum Gasteiger partial charge on any atom is 0.0784 e. The third-order valence-corrected chi connectivity index (χ3v) is 4.95. The van der Waals surface area contributed by atoms with Crippen LogP contribution < -0.4 is 0 Å². The number of alkyl halides is 1. The zero-order chi connectivity index (χ0) is 15.8. The Bertz CT molecular complexity index is 208. The molecule has 0 heterocycles. The molecule has 21 heavy (non-hydrogen) atoms. The first-order valence-corrected chi connectivity index (χ1v) is 10.1. The van der Waals surface area contributed by atoms with Gasteiger partial charge in [0.2, 0.25) is 0 Å². The molecule has 0 aliphatic carbocycles. The highest BCUT2D eigenvalue weighted by Crippen LogP contribution is 2.14. The summed E-state index contributed by atoms with van der Waals surface area (Å²) in [7, 11) is 2.48. The summed E-state index contributed by atoms with van der Waals surface area (Å²) < 4.78 is 1.29. The van der Waals surface area contributed by atoms with Crippen molar-refractivity contribution in [3.8, 4) is 0 Å². The van der Waals surface area contributed by atoms with Gasteiger partial charge in [0.1, 0.15) is 0 Å². The van der Waals surface area contributed by atoms with E-state index in [9.17, 15) is 0 Å². The average Bonchev–Trinajstić information content (AvgIpc) is 2.48. The van der Waals surface area contributed by atoms with Gasteiger partial charge in [0.25, 0.3) is 0 Å². The van der Waals surface area contributed by atoms with E-state index in [4.69, 9.17) is 11.6 Å². The van der Waals surface area contributed by atoms with Crippen LogP contribution in [0.4, 0.5) is 0 Å². The lowest BCUT2D eigenvalue weighted by atomic mass is 10.1. The molecule has 0 radical (unpaired) electrons. The first-order valence-electron chi connectivity index (χ1n) is 9.58. The molecule has 2 heteroatoms. The smallest absolute Gasteiger partial charge is 0.0784 e. The first-order chi connectivity index (χ1) is 10.2. The van der Waals surface area contributed by atoms with Crippen LogP contribution in [0.2, 0.25) is 0 Å². The fraction of sp³-hybridized carbons (Fsp3) is 1.00. The van der Waals surface area contributed by atoms with Gasteiger partial charge in [-0.1, -0.05) is 52.4 Å². The van der Waals surface area contributed by atoms with Crippen LogP contribution in [0.5, 0.6) is 0 Å². The second-order valence-corrected chi connectivity index (χ2v) is 7.39. The Kier molecular flexibility index (Phi) is 15.3. The van der Waals surface area contributed by atoms with Gasteiger partial charge in [0.05, 0.1) is 26.7 Å². The Morgan fingerprint density at radius 2 is 0.952 bits per heavy atom. The average molecular weight is 319 g/mol. The van der Waals surface area contributed by atoms with E-state index >= 15 is 0 Å². The lowest BCUT2D eigenvalue weighted by molar-refractivity contribution is -0.910. The molecule has 0 aromatic carbocycles. The lowest BCUT2D eigenvalue weighted by Crippen LogP contribution is -2.46. The second kappa shape index (κ2) is 15.2. The summed E-state index contributed by atoms with van der Waals surface area (Å²) in [5, 5.41) is 0. The molecule has 0 aromatic rings. The third kappa shape index (κ3) is 13.6. The van der Waals surface area contributed by atoms with E-state index in [1.54, 1.807) is 0 Å². The molecule has 0 N–H and O–H groups in total. The summed E-state index contributed by atoms with van der Waals surface area (Å²) in [5.41, 5.74) is 0. The van der Waals surface area contributed by atoms with Crippen molar-refractivity contribution in [1.82, 2.24) is 0 Å². The van der Waals surface area contributed by atoms with Crippen LogP contribution in [-0.2, 0) is 0 Å². The number of unbranched alkanes of at least 4 members (excludes halogenated alkanes) is 9. The molecule has 0 amide bonds. The molecule has 0 fully saturated rings. The highest BCUT2D eigenvalue weighted by Gasteiger charge is 2.19. The van der Waals surface area contributed by atoms with Crippen molar-refractivity contribution in [3.63, 3.8) is 0 Å². The fourth-order valence-corrected chi connectivity index (χ4v) is 3.31. The van der Waals surface area contributed by atoms with Gasteiger partial charge in [-0.15, -0.1) is 11.6 Å². The Morgan fingerprint density at radius 1 is 0.571 bits per heavy atom. The van der Waals surface area contributed by atoms with E-state index in [0.717, 1.165) is 5.88 Å². The molecule has 1 nitrogen and oxygen atoms in total. The molecular formula is C19H41ClN+. The minimum Gasteiger partial charge on any atom is -0.326 e. The molecule has 0 saturated carbocycles. The predicted molar refractivity (Wildman–Crippen MR) is 98.3 cm³/mol. The molecule has 0 aliphatic heterocycles. The summed E-state index contributed by atoms with van der Waals surface area (Å²) in [6.07, 6.45) is 16.5. The van der Waals surface area contributed by atoms with Gasteiger partial charge in [0, 0.05) is 5.88 Å². The van der Waals surface area contributed by atoms with E-state index in [1.807, 2.05) is 0 Å². The zero-order valence-electron chi connectivity index (χ0n) is 15.1. The van der Waals surface area contributed by atoms with Crippen molar-refractivity contribution in [2.24, 2.45) is 0 Å². The quantitative estimate of drug-likeness (QED) is 0.176. The Labute approximate surface area is 140 Å². The van der Waals surface area contributed by atoms with Crippen LogP contribution in [0.25, 0.3) is 0 Å². The Hall–Kier alpha value is 0.250. The maximum atomic E-state index is 5.84. The van der Waals surface area contributed by atoms with Gasteiger partial charge >= 0.3 is 0 Å². The summed E-state index contributed by atoms with van der Waals surface area (Å²) in [4.78, 5) is 0. The van der Waals surface area contributed by atoms with E-state index < -0.39 is 0 Å². The van der Waals surface area contributed by atoms with Crippen molar-refractivity contribution < 1.29 is 4.48 Å². The van der Waals surface area contributed by atoms with Gasteiger partial charge in [0.15, 0.2) is 0 Å². The van der Waals surface area contributed by atoms with Crippen LogP contribution in [-0.4, -0.2) is 37.0 Å².